The van der Waals surface area contributed by atoms with Crippen molar-refractivity contribution in [1.82, 2.24) is 5.43 Å². The highest BCUT2D eigenvalue weighted by molar-refractivity contribution is 6.39. The Morgan fingerprint density at radius 1 is 0.944 bits per heavy atom. The topological polar surface area (TPSA) is 118 Å². The standard InChI is InChI=1S/C25H22ClFN4O5/c1-2-35-22-13-16(14-28-31-25(34)24(33)29-18-10-8-17(27)9-11-18)7-12-21(22)36-15-23(32)30-20-6-4-3-5-19(20)26/h3-14H,2,15H2,1H3,(H,29,33)(H,30,32)(H,31,34)/b28-14-. The summed E-state index contributed by atoms with van der Waals surface area (Å²) >= 11 is 6.04. The molecular weight excluding hydrogens is 491 g/mol. The number of ether oxygens (including phenoxy) is 2. The average Bonchev–Trinajstić information content (AvgIpc) is 2.86. The first kappa shape index (κ1) is 26.2. The predicted octanol–water partition coefficient (Wildman–Crippen LogP) is 3.98. The second kappa shape index (κ2) is 12.9. The number of carbonyl (C=O) groups is 3. The van der Waals surface area contributed by atoms with Gasteiger partial charge in [-0.3, -0.25) is 14.4 Å². The van der Waals surface area contributed by atoms with Crippen LogP contribution in [0.2, 0.25) is 5.02 Å². The van der Waals surface area contributed by atoms with Crippen molar-refractivity contribution in [3.63, 3.8) is 0 Å². The summed E-state index contributed by atoms with van der Waals surface area (Å²) in [5, 5.41) is 9.15. The average molecular weight is 513 g/mol. The lowest BCUT2D eigenvalue weighted by Crippen LogP contribution is -2.32. The van der Waals surface area contributed by atoms with E-state index in [-0.39, 0.29) is 12.3 Å². The number of halogens is 2. The Balaban J connectivity index is 1.56. The molecule has 3 aromatic carbocycles. The number of benzene rings is 3. The maximum Gasteiger partial charge on any atom is 0.329 e. The Bertz CT molecular complexity index is 1270. The molecule has 0 bridgehead atoms. The van der Waals surface area contributed by atoms with Gasteiger partial charge in [-0.2, -0.15) is 5.10 Å². The predicted molar refractivity (Wildman–Crippen MR) is 134 cm³/mol. The second-order valence-corrected chi connectivity index (χ2v) is 7.52. The Morgan fingerprint density at radius 2 is 1.69 bits per heavy atom. The number of amides is 3. The summed E-state index contributed by atoms with van der Waals surface area (Å²) in [4.78, 5) is 36.1. The van der Waals surface area contributed by atoms with Gasteiger partial charge in [0, 0.05) is 5.69 Å². The number of carbonyl (C=O) groups excluding carboxylic acids is 3. The van der Waals surface area contributed by atoms with Crippen LogP contribution in [0.1, 0.15) is 12.5 Å². The first-order valence-electron chi connectivity index (χ1n) is 10.7. The third kappa shape index (κ3) is 7.81. The van der Waals surface area contributed by atoms with Crippen molar-refractivity contribution in [1.29, 1.82) is 0 Å². The van der Waals surface area contributed by atoms with Gasteiger partial charge >= 0.3 is 11.8 Å². The summed E-state index contributed by atoms with van der Waals surface area (Å²) in [5.41, 5.74) is 3.37. The van der Waals surface area contributed by atoms with Gasteiger partial charge in [-0.05, 0) is 67.1 Å². The van der Waals surface area contributed by atoms with E-state index in [4.69, 9.17) is 21.1 Å². The fourth-order valence-corrected chi connectivity index (χ4v) is 3.00. The number of hydrazone groups is 1. The lowest BCUT2D eigenvalue weighted by molar-refractivity contribution is -0.136. The summed E-state index contributed by atoms with van der Waals surface area (Å²) in [6, 6.07) is 16.6. The van der Waals surface area contributed by atoms with Crippen LogP contribution in [0, 0.1) is 5.82 Å². The Kier molecular flexibility index (Phi) is 9.35. The van der Waals surface area contributed by atoms with Crippen LogP contribution in [0.5, 0.6) is 11.5 Å². The minimum atomic E-state index is -1.01. The van der Waals surface area contributed by atoms with E-state index in [1.165, 1.54) is 18.3 Å². The number of hydrogen-bond donors (Lipinski definition) is 3. The molecule has 0 aliphatic heterocycles. The first-order valence-corrected chi connectivity index (χ1v) is 11.1. The number of anilines is 2. The smallest absolute Gasteiger partial charge is 0.329 e. The molecule has 0 saturated carbocycles. The van der Waals surface area contributed by atoms with Crippen LogP contribution in [0.3, 0.4) is 0 Å². The molecule has 0 atom stereocenters. The van der Waals surface area contributed by atoms with Gasteiger partial charge in [-0.15, -0.1) is 0 Å². The highest BCUT2D eigenvalue weighted by atomic mass is 35.5. The van der Waals surface area contributed by atoms with Gasteiger partial charge < -0.3 is 20.1 Å². The SMILES string of the molecule is CCOc1cc(/C=N\NC(=O)C(=O)Nc2ccc(F)cc2)ccc1OCC(=O)Nc1ccccc1Cl. The lowest BCUT2D eigenvalue weighted by Gasteiger charge is -2.13. The Morgan fingerprint density at radius 3 is 2.42 bits per heavy atom. The maximum atomic E-state index is 12.9. The van der Waals surface area contributed by atoms with E-state index in [1.54, 1.807) is 49.4 Å². The van der Waals surface area contributed by atoms with Crippen LogP contribution in [0.4, 0.5) is 15.8 Å². The summed E-state index contributed by atoms with van der Waals surface area (Å²) in [5.74, 6) is -2.17. The quantitative estimate of drug-likeness (QED) is 0.228. The zero-order valence-corrected chi connectivity index (χ0v) is 19.8. The van der Waals surface area contributed by atoms with Gasteiger partial charge in [0.05, 0.1) is 23.5 Å². The Labute approximate surface area is 211 Å². The molecule has 3 amide bonds. The van der Waals surface area contributed by atoms with Crippen LogP contribution in [-0.4, -0.2) is 37.1 Å². The van der Waals surface area contributed by atoms with Crippen LogP contribution in [0.15, 0.2) is 71.8 Å². The minimum Gasteiger partial charge on any atom is -0.490 e. The number of nitrogens with one attached hydrogen (secondary N) is 3. The van der Waals surface area contributed by atoms with E-state index in [0.717, 1.165) is 12.1 Å². The molecule has 0 radical (unpaired) electrons. The third-order valence-electron chi connectivity index (χ3n) is 4.46. The second-order valence-electron chi connectivity index (χ2n) is 7.12. The summed E-state index contributed by atoms with van der Waals surface area (Å²) in [7, 11) is 0. The van der Waals surface area contributed by atoms with Crippen molar-refractivity contribution in [3.8, 4) is 11.5 Å². The molecule has 3 rings (SSSR count). The number of rotatable bonds is 9. The molecule has 3 N–H and O–H groups in total. The molecule has 11 heteroatoms. The lowest BCUT2D eigenvalue weighted by atomic mass is 10.2. The fourth-order valence-electron chi connectivity index (χ4n) is 2.82. The molecule has 0 aliphatic rings. The minimum absolute atomic E-state index is 0.262. The van der Waals surface area contributed by atoms with E-state index >= 15 is 0 Å². The van der Waals surface area contributed by atoms with Crippen molar-refractivity contribution in [2.45, 2.75) is 6.92 Å². The molecule has 0 heterocycles. The summed E-state index contributed by atoms with van der Waals surface area (Å²) < 4.78 is 24.1. The zero-order valence-electron chi connectivity index (χ0n) is 19.1. The van der Waals surface area contributed by atoms with Gasteiger partial charge in [0.15, 0.2) is 18.1 Å². The highest BCUT2D eigenvalue weighted by Crippen LogP contribution is 2.28. The maximum absolute atomic E-state index is 12.9. The largest absolute Gasteiger partial charge is 0.490 e. The van der Waals surface area contributed by atoms with Crippen molar-refractivity contribution in [2.24, 2.45) is 5.10 Å². The van der Waals surface area contributed by atoms with Gasteiger partial charge in [-0.25, -0.2) is 9.82 Å². The molecule has 0 unspecified atom stereocenters. The summed E-state index contributed by atoms with van der Waals surface area (Å²) in [6.07, 6.45) is 1.31. The van der Waals surface area contributed by atoms with E-state index in [2.05, 4.69) is 21.2 Å². The first-order chi connectivity index (χ1) is 17.4. The highest BCUT2D eigenvalue weighted by Gasteiger charge is 2.13. The molecule has 3 aromatic rings. The van der Waals surface area contributed by atoms with Gasteiger partial charge in [-0.1, -0.05) is 23.7 Å². The molecule has 0 saturated heterocycles. The van der Waals surface area contributed by atoms with Crippen molar-refractivity contribution >= 4 is 46.9 Å². The zero-order chi connectivity index (χ0) is 25.9. The van der Waals surface area contributed by atoms with E-state index < -0.39 is 23.5 Å². The number of para-hydroxylation sites is 1. The van der Waals surface area contributed by atoms with Crippen molar-refractivity contribution < 1.29 is 28.2 Å². The fraction of sp³-hybridized carbons (Fsp3) is 0.120. The molecule has 36 heavy (non-hydrogen) atoms. The van der Waals surface area contributed by atoms with Crippen LogP contribution < -0.4 is 25.5 Å². The normalized spacial score (nSPS) is 10.5. The molecule has 0 aliphatic carbocycles. The molecule has 0 fully saturated rings. The van der Waals surface area contributed by atoms with E-state index in [1.807, 2.05) is 0 Å². The molecular formula is C25H22ClFN4O5. The van der Waals surface area contributed by atoms with Crippen molar-refractivity contribution in [3.05, 3.63) is 83.1 Å². The van der Waals surface area contributed by atoms with Crippen molar-refractivity contribution in [2.75, 3.05) is 23.8 Å². The molecule has 0 aromatic heterocycles. The van der Waals surface area contributed by atoms with Gasteiger partial charge in [0.2, 0.25) is 0 Å². The molecule has 186 valence electrons. The monoisotopic (exact) mass is 512 g/mol. The molecule has 9 nitrogen and oxygen atoms in total. The van der Waals surface area contributed by atoms with Crippen LogP contribution in [-0.2, 0) is 14.4 Å². The van der Waals surface area contributed by atoms with Crippen LogP contribution in [0.25, 0.3) is 0 Å². The number of nitrogens with zero attached hydrogens (tertiary/aromatic N) is 1. The third-order valence-corrected chi connectivity index (χ3v) is 4.79. The van der Waals surface area contributed by atoms with Gasteiger partial charge in [0.25, 0.3) is 5.91 Å². The Hall–Kier alpha value is -4.44. The number of hydrogen-bond acceptors (Lipinski definition) is 6. The van der Waals surface area contributed by atoms with Gasteiger partial charge in [0.1, 0.15) is 5.82 Å². The summed E-state index contributed by atoms with van der Waals surface area (Å²) in [6.45, 7) is 1.84. The molecule has 0 spiro atoms. The van der Waals surface area contributed by atoms with Crippen LogP contribution >= 0.6 is 11.6 Å². The van der Waals surface area contributed by atoms with E-state index in [0.29, 0.717) is 34.4 Å². The van der Waals surface area contributed by atoms with E-state index in [9.17, 15) is 18.8 Å².